The minimum Gasteiger partial charge on any atom is -0.303 e. The topological polar surface area (TPSA) is 6.48 Å². The molecule has 1 aliphatic carbocycles. The smallest absolute Gasteiger partial charge is 0.00162 e. The summed E-state index contributed by atoms with van der Waals surface area (Å²) < 4.78 is 0. The first-order chi connectivity index (χ1) is 17.7. The average molecular weight is 489 g/mol. The summed E-state index contributed by atoms with van der Waals surface area (Å²) in [7, 11) is 0. The Morgan fingerprint density at radius 2 is 1.17 bits per heavy atom. The van der Waals surface area contributed by atoms with Gasteiger partial charge in [-0.1, -0.05) is 51.0 Å². The highest BCUT2D eigenvalue weighted by Crippen LogP contribution is 2.36. The van der Waals surface area contributed by atoms with E-state index in [1.807, 2.05) is 0 Å². The van der Waals surface area contributed by atoms with Crippen LogP contribution in [-0.4, -0.2) is 49.1 Å². The first kappa shape index (κ1) is 26.2. The molecule has 2 nitrogen and oxygen atoms in total. The molecule has 0 radical (unpaired) electrons. The molecule has 5 rings (SSSR count). The van der Waals surface area contributed by atoms with Gasteiger partial charge in [0.15, 0.2) is 0 Å². The van der Waals surface area contributed by atoms with Gasteiger partial charge in [0, 0.05) is 0 Å². The summed E-state index contributed by atoms with van der Waals surface area (Å²) in [5, 5.41) is 3.22. The summed E-state index contributed by atoms with van der Waals surface area (Å²) in [4.78, 5) is 5.41. The lowest BCUT2D eigenvalue weighted by Gasteiger charge is -2.30. The van der Waals surface area contributed by atoms with Crippen molar-refractivity contribution in [3.63, 3.8) is 0 Å². The molecular formula is C34H52N2. The third kappa shape index (κ3) is 6.73. The molecule has 198 valence electrons. The normalized spacial score (nSPS) is 20.1. The Kier molecular flexibility index (Phi) is 9.42. The Labute approximate surface area is 221 Å². The number of rotatable bonds is 12. The maximum Gasteiger partial charge on any atom is -0.00162 e. The third-order valence-electron chi connectivity index (χ3n) is 9.80. The number of piperidine rings is 2. The van der Waals surface area contributed by atoms with Crippen molar-refractivity contribution in [2.24, 2.45) is 11.8 Å². The summed E-state index contributed by atoms with van der Waals surface area (Å²) in [6, 6.07) is 9.91. The summed E-state index contributed by atoms with van der Waals surface area (Å²) in [6.07, 6.45) is 18.9. The van der Waals surface area contributed by atoms with Crippen molar-refractivity contribution in [1.82, 2.24) is 9.80 Å². The highest BCUT2D eigenvalue weighted by molar-refractivity contribution is 5.94. The Hall–Kier alpha value is -1.38. The highest BCUT2D eigenvalue weighted by Gasteiger charge is 2.20. The highest BCUT2D eigenvalue weighted by atomic mass is 15.1. The number of likely N-dealkylation sites (tertiary alicyclic amines) is 2. The van der Waals surface area contributed by atoms with Crippen molar-refractivity contribution in [2.75, 3.05) is 39.3 Å². The van der Waals surface area contributed by atoms with E-state index in [9.17, 15) is 0 Å². The van der Waals surface area contributed by atoms with E-state index in [1.54, 1.807) is 33.0 Å². The molecule has 0 bridgehead atoms. The van der Waals surface area contributed by atoms with Gasteiger partial charge in [-0.2, -0.15) is 0 Å². The van der Waals surface area contributed by atoms with Crippen LogP contribution in [0.5, 0.6) is 0 Å². The summed E-state index contributed by atoms with van der Waals surface area (Å²) in [5.74, 6) is 1.89. The SMILES string of the molecule is CC1CCN(CCCCCc2ccc3c(CCCCCN4CCC(C)CC4)ccc4c3c2CC4)CC1. The Morgan fingerprint density at radius 3 is 1.78 bits per heavy atom. The molecule has 0 unspecified atom stereocenters. The van der Waals surface area contributed by atoms with E-state index in [1.165, 1.54) is 129 Å². The van der Waals surface area contributed by atoms with Gasteiger partial charge in [0.05, 0.1) is 0 Å². The summed E-state index contributed by atoms with van der Waals surface area (Å²) >= 11 is 0. The van der Waals surface area contributed by atoms with Gasteiger partial charge in [-0.15, -0.1) is 0 Å². The van der Waals surface area contributed by atoms with Crippen LogP contribution in [0.3, 0.4) is 0 Å². The van der Waals surface area contributed by atoms with Gasteiger partial charge < -0.3 is 9.80 Å². The van der Waals surface area contributed by atoms with E-state index in [2.05, 4.69) is 47.9 Å². The number of nitrogens with zero attached hydrogens (tertiary/aromatic N) is 2. The van der Waals surface area contributed by atoms with Crippen LogP contribution in [0.2, 0.25) is 0 Å². The van der Waals surface area contributed by atoms with Crippen LogP contribution in [0.1, 0.15) is 100 Å². The van der Waals surface area contributed by atoms with E-state index in [0.717, 1.165) is 11.8 Å². The lowest BCUT2D eigenvalue weighted by Crippen LogP contribution is -2.33. The van der Waals surface area contributed by atoms with Crippen molar-refractivity contribution >= 4 is 10.8 Å². The van der Waals surface area contributed by atoms with E-state index in [-0.39, 0.29) is 0 Å². The zero-order valence-electron chi connectivity index (χ0n) is 23.5. The number of hydrogen-bond donors (Lipinski definition) is 0. The minimum atomic E-state index is 0.944. The maximum absolute atomic E-state index is 2.71. The zero-order chi connectivity index (χ0) is 24.7. The molecule has 0 spiro atoms. The van der Waals surface area contributed by atoms with Crippen LogP contribution in [-0.2, 0) is 25.7 Å². The summed E-state index contributed by atoms with van der Waals surface area (Å²) in [5.41, 5.74) is 6.57. The second kappa shape index (κ2) is 12.9. The van der Waals surface area contributed by atoms with E-state index >= 15 is 0 Å². The number of aryl methyl sites for hydroxylation is 4. The van der Waals surface area contributed by atoms with Crippen molar-refractivity contribution in [2.45, 2.75) is 104 Å². The number of hydrogen-bond acceptors (Lipinski definition) is 2. The average Bonchev–Trinajstić information content (AvgIpc) is 3.33. The van der Waals surface area contributed by atoms with E-state index in [0.29, 0.717) is 0 Å². The molecule has 2 saturated heterocycles. The lowest BCUT2D eigenvalue weighted by atomic mass is 9.92. The first-order valence-electron chi connectivity index (χ1n) is 15.7. The van der Waals surface area contributed by atoms with Gasteiger partial charge in [0.2, 0.25) is 0 Å². The molecule has 0 amide bonds. The molecule has 0 saturated carbocycles. The zero-order valence-corrected chi connectivity index (χ0v) is 23.5. The molecule has 36 heavy (non-hydrogen) atoms. The molecule has 0 aromatic heterocycles. The quantitative estimate of drug-likeness (QED) is 0.281. The Morgan fingerprint density at radius 1 is 0.611 bits per heavy atom. The minimum absolute atomic E-state index is 0.944. The third-order valence-corrected chi connectivity index (χ3v) is 9.80. The molecule has 0 N–H and O–H groups in total. The van der Waals surface area contributed by atoms with Gasteiger partial charge in [0.1, 0.15) is 0 Å². The van der Waals surface area contributed by atoms with Crippen molar-refractivity contribution in [3.8, 4) is 0 Å². The van der Waals surface area contributed by atoms with Crippen LogP contribution in [0.4, 0.5) is 0 Å². The predicted molar refractivity (Wildman–Crippen MR) is 156 cm³/mol. The van der Waals surface area contributed by atoms with Gasteiger partial charge in [-0.3, -0.25) is 0 Å². The van der Waals surface area contributed by atoms with E-state index < -0.39 is 0 Å². The second-order valence-electron chi connectivity index (χ2n) is 12.7. The Balaban J connectivity index is 1.08. The fourth-order valence-electron chi connectivity index (χ4n) is 7.13. The molecule has 2 heteroatoms. The molecule has 2 aromatic rings. The Bertz CT molecular complexity index is 963. The van der Waals surface area contributed by atoms with Crippen LogP contribution in [0, 0.1) is 11.8 Å². The monoisotopic (exact) mass is 488 g/mol. The largest absolute Gasteiger partial charge is 0.303 e. The number of unbranched alkanes of at least 4 members (excludes halogenated alkanes) is 4. The van der Waals surface area contributed by atoms with Crippen LogP contribution in [0.25, 0.3) is 10.8 Å². The molecule has 0 atom stereocenters. The fourth-order valence-corrected chi connectivity index (χ4v) is 7.13. The van der Waals surface area contributed by atoms with Crippen molar-refractivity contribution in [1.29, 1.82) is 0 Å². The van der Waals surface area contributed by atoms with Gasteiger partial charge in [-0.05, 0) is 161 Å². The molecular weight excluding hydrogens is 436 g/mol. The predicted octanol–water partition coefficient (Wildman–Crippen LogP) is 7.83. The number of benzene rings is 2. The van der Waals surface area contributed by atoms with Gasteiger partial charge in [0.25, 0.3) is 0 Å². The van der Waals surface area contributed by atoms with Crippen LogP contribution in [0.15, 0.2) is 24.3 Å². The van der Waals surface area contributed by atoms with Crippen molar-refractivity contribution in [3.05, 3.63) is 46.5 Å². The molecule has 2 aromatic carbocycles. The standard InChI is InChI=1S/C34H52N2/c1-27-17-23-35(24-18-27)21-7-3-5-9-29-11-12-31-14-16-33-30(13-15-32(29)34(31)33)10-6-4-8-22-36-25-19-28(2)20-26-36/h11-13,15,27-28H,3-10,14,16-26H2,1-2H3. The van der Waals surface area contributed by atoms with Gasteiger partial charge in [-0.25, -0.2) is 0 Å². The van der Waals surface area contributed by atoms with E-state index in [4.69, 9.17) is 0 Å². The second-order valence-corrected chi connectivity index (χ2v) is 12.7. The molecule has 3 aliphatic rings. The lowest BCUT2D eigenvalue weighted by molar-refractivity contribution is 0.189. The summed E-state index contributed by atoms with van der Waals surface area (Å²) in [6.45, 7) is 12.8. The molecule has 2 aliphatic heterocycles. The molecule has 2 heterocycles. The van der Waals surface area contributed by atoms with Gasteiger partial charge >= 0.3 is 0 Å². The maximum atomic E-state index is 2.71. The van der Waals surface area contributed by atoms with Crippen LogP contribution >= 0.6 is 0 Å². The van der Waals surface area contributed by atoms with Crippen LogP contribution < -0.4 is 0 Å². The fraction of sp³-hybridized carbons (Fsp3) is 0.706. The first-order valence-corrected chi connectivity index (χ1v) is 15.7. The van der Waals surface area contributed by atoms with Crippen molar-refractivity contribution < 1.29 is 0 Å². The molecule has 2 fully saturated rings.